The number of nitrogens with two attached hydrogens (primary N) is 2. The van der Waals surface area contributed by atoms with E-state index >= 15 is 0 Å². The summed E-state index contributed by atoms with van der Waals surface area (Å²) in [7, 11) is 0. The number of aliphatic hydroxyl groups excluding tert-OH is 3. The number of rotatable bonds is 4. The zero-order valence-electron chi connectivity index (χ0n) is 11.4. The van der Waals surface area contributed by atoms with Crippen LogP contribution >= 0.6 is 0 Å². The number of carboxylic acid groups (broad SMARTS) is 1. The van der Waals surface area contributed by atoms with Gasteiger partial charge in [0.25, 0.3) is 0 Å². The molecule has 0 aliphatic carbocycles. The largest absolute Gasteiger partial charge is 0.490 e. The van der Waals surface area contributed by atoms with Gasteiger partial charge >= 0.3 is 12.1 Å². The fraction of sp³-hybridized carbons (Fsp3) is 0.800. The molecule has 1 aliphatic heterocycles. The van der Waals surface area contributed by atoms with Gasteiger partial charge in [0.1, 0.15) is 0 Å². The van der Waals surface area contributed by atoms with Crippen molar-refractivity contribution in [3.63, 3.8) is 0 Å². The molecular weight excluding hydrogens is 313 g/mol. The number of aliphatic carboxylic acids is 1. The Kier molecular flexibility index (Phi) is 8.08. The van der Waals surface area contributed by atoms with Crippen LogP contribution in [-0.2, 0) is 4.79 Å². The maximum Gasteiger partial charge on any atom is 0.490 e. The molecular formula is C10H19F3N4O5. The average Bonchev–Trinajstić information content (AvgIpc) is 2.63. The maximum absolute atomic E-state index is 10.6. The van der Waals surface area contributed by atoms with Gasteiger partial charge < -0.3 is 31.9 Å². The fourth-order valence-corrected chi connectivity index (χ4v) is 1.74. The number of guanidine groups is 1. The summed E-state index contributed by atoms with van der Waals surface area (Å²) in [5, 5.41) is 35.0. The second-order valence-electron chi connectivity index (χ2n) is 4.41. The molecule has 1 fully saturated rings. The Bertz CT molecular complexity index is 389. The number of nitrogens with zero attached hydrogens (tertiary/aromatic N) is 2. The highest BCUT2D eigenvalue weighted by atomic mass is 19.4. The molecule has 3 atom stereocenters. The summed E-state index contributed by atoms with van der Waals surface area (Å²) in [6.45, 7) is 1.02. The van der Waals surface area contributed by atoms with Gasteiger partial charge in [-0.25, -0.2) is 4.79 Å². The molecule has 1 heterocycles. The molecule has 0 aromatic rings. The van der Waals surface area contributed by atoms with E-state index in [4.69, 9.17) is 26.5 Å². The second kappa shape index (κ2) is 8.73. The van der Waals surface area contributed by atoms with Crippen molar-refractivity contribution < 1.29 is 38.4 Å². The van der Waals surface area contributed by atoms with Crippen molar-refractivity contribution in [2.45, 2.75) is 24.4 Å². The molecule has 0 spiro atoms. The highest BCUT2D eigenvalue weighted by Gasteiger charge is 2.39. The Balaban J connectivity index is 0.000000534. The zero-order chi connectivity index (χ0) is 17.5. The lowest BCUT2D eigenvalue weighted by molar-refractivity contribution is -0.192. The van der Waals surface area contributed by atoms with Gasteiger partial charge in [0.05, 0.1) is 31.4 Å². The molecule has 22 heavy (non-hydrogen) atoms. The predicted octanol–water partition coefficient (Wildman–Crippen LogP) is -2.71. The highest BCUT2D eigenvalue weighted by Crippen LogP contribution is 2.17. The van der Waals surface area contributed by atoms with E-state index in [0.717, 1.165) is 0 Å². The molecule has 9 nitrogen and oxygen atoms in total. The summed E-state index contributed by atoms with van der Waals surface area (Å²) < 4.78 is 31.7. The molecule has 0 aromatic carbocycles. The van der Waals surface area contributed by atoms with E-state index in [9.17, 15) is 23.4 Å². The zero-order valence-corrected chi connectivity index (χ0v) is 11.4. The first kappa shape index (κ1) is 20.4. The molecule has 1 rings (SSSR count). The molecule has 130 valence electrons. The summed E-state index contributed by atoms with van der Waals surface area (Å²) in [4.78, 5) is 14.5. The number of hydrogen-bond acceptors (Lipinski definition) is 6. The Morgan fingerprint density at radius 2 is 1.82 bits per heavy atom. The van der Waals surface area contributed by atoms with Crippen molar-refractivity contribution in [1.82, 2.24) is 4.90 Å². The number of alkyl halides is 3. The molecule has 0 amide bonds. The summed E-state index contributed by atoms with van der Waals surface area (Å²) in [6, 6.07) is -0.436. The number of aliphatic hydroxyl groups is 3. The van der Waals surface area contributed by atoms with E-state index < -0.39 is 30.4 Å². The Hall–Kier alpha value is -1.63. The first-order chi connectivity index (χ1) is 10.0. The minimum atomic E-state index is -5.08. The third-order valence-corrected chi connectivity index (χ3v) is 2.79. The molecule has 0 bridgehead atoms. The Morgan fingerprint density at radius 1 is 1.32 bits per heavy atom. The average molecular weight is 332 g/mol. The van der Waals surface area contributed by atoms with Gasteiger partial charge in [-0.1, -0.05) is 0 Å². The van der Waals surface area contributed by atoms with Crippen LogP contribution in [0.2, 0.25) is 0 Å². The number of carbonyl (C=O) groups is 1. The second-order valence-corrected chi connectivity index (χ2v) is 4.41. The van der Waals surface area contributed by atoms with E-state index in [1.54, 1.807) is 4.90 Å². The topological polar surface area (TPSA) is 166 Å². The van der Waals surface area contributed by atoms with Crippen LogP contribution in [0, 0.1) is 0 Å². The van der Waals surface area contributed by atoms with Crippen LogP contribution in [-0.4, -0.2) is 87.9 Å². The van der Waals surface area contributed by atoms with Crippen molar-refractivity contribution in [3.05, 3.63) is 0 Å². The van der Waals surface area contributed by atoms with Crippen molar-refractivity contribution in [3.8, 4) is 0 Å². The monoisotopic (exact) mass is 332 g/mol. The summed E-state index contributed by atoms with van der Waals surface area (Å²) in [6.07, 6.45) is -6.81. The van der Waals surface area contributed by atoms with Crippen molar-refractivity contribution >= 4 is 11.9 Å². The van der Waals surface area contributed by atoms with E-state index in [0.29, 0.717) is 19.6 Å². The van der Waals surface area contributed by atoms with Crippen LogP contribution < -0.4 is 11.5 Å². The Labute approximate surface area is 123 Å². The van der Waals surface area contributed by atoms with Gasteiger partial charge in [-0.2, -0.15) is 13.2 Å². The number of β-amino-alcohol motifs (C(OH)–C–C–N with tert-alkyl or cyclic N) is 1. The molecule has 1 saturated heterocycles. The predicted molar refractivity (Wildman–Crippen MR) is 68.8 cm³/mol. The summed E-state index contributed by atoms with van der Waals surface area (Å²) in [5.41, 5.74) is 10.3. The lowest BCUT2D eigenvalue weighted by atomic mass is 10.1. The smallest absolute Gasteiger partial charge is 0.475 e. The Morgan fingerprint density at radius 3 is 2.18 bits per heavy atom. The molecule has 8 N–H and O–H groups in total. The van der Waals surface area contributed by atoms with Gasteiger partial charge in [-0.3, -0.25) is 9.89 Å². The van der Waals surface area contributed by atoms with Crippen molar-refractivity contribution in [2.24, 2.45) is 16.5 Å². The lowest BCUT2D eigenvalue weighted by Gasteiger charge is -2.22. The number of aliphatic imine (C=N–C) groups is 1. The summed E-state index contributed by atoms with van der Waals surface area (Å²) in [5.74, 6) is -2.75. The van der Waals surface area contributed by atoms with Crippen LogP contribution in [0.1, 0.15) is 0 Å². The molecule has 12 heteroatoms. The molecule has 1 aliphatic rings. The van der Waals surface area contributed by atoms with Gasteiger partial charge in [-0.15, -0.1) is 0 Å². The fourth-order valence-electron chi connectivity index (χ4n) is 1.74. The lowest BCUT2D eigenvalue weighted by Crippen LogP contribution is -2.40. The number of carboxylic acids is 1. The first-order valence-corrected chi connectivity index (χ1v) is 6.07. The van der Waals surface area contributed by atoms with Gasteiger partial charge in [0, 0.05) is 13.1 Å². The number of hydrogen-bond donors (Lipinski definition) is 6. The first-order valence-electron chi connectivity index (χ1n) is 6.07. The normalized spacial score (nSPS) is 25.3. The minimum Gasteiger partial charge on any atom is -0.475 e. The summed E-state index contributed by atoms with van der Waals surface area (Å²) >= 11 is 0. The molecule has 0 saturated carbocycles. The highest BCUT2D eigenvalue weighted by molar-refractivity contribution is 5.75. The SMILES string of the molecule is NC(N)=NCCN1C[C@H](O)[C@H](O)[C@H]1CO.O=C(O)C(F)(F)F. The van der Waals surface area contributed by atoms with Gasteiger partial charge in [-0.05, 0) is 0 Å². The van der Waals surface area contributed by atoms with Crippen molar-refractivity contribution in [1.29, 1.82) is 0 Å². The van der Waals surface area contributed by atoms with Crippen molar-refractivity contribution in [2.75, 3.05) is 26.2 Å². The molecule has 0 radical (unpaired) electrons. The van der Waals surface area contributed by atoms with Crippen LogP contribution in [0.15, 0.2) is 4.99 Å². The van der Waals surface area contributed by atoms with Gasteiger partial charge in [0.2, 0.25) is 0 Å². The van der Waals surface area contributed by atoms with Crippen LogP contribution in [0.5, 0.6) is 0 Å². The third-order valence-electron chi connectivity index (χ3n) is 2.79. The number of likely N-dealkylation sites (tertiary alicyclic amines) is 1. The van der Waals surface area contributed by atoms with Gasteiger partial charge in [0.15, 0.2) is 5.96 Å². The standard InChI is InChI=1S/C8H18N4O3.C2HF3O2/c9-8(10)11-1-2-12-3-6(14)7(15)5(12)4-13;3-2(4,5)1(6)7/h5-7,13-15H,1-4H2,(H4,9,10,11);(H,6,7)/t5-,6+,7-;/m1./s1. The van der Waals surface area contributed by atoms with E-state index in [1.165, 1.54) is 0 Å². The van der Waals surface area contributed by atoms with E-state index in [1.807, 2.05) is 0 Å². The molecule has 0 aromatic heterocycles. The molecule has 0 unspecified atom stereocenters. The third kappa shape index (κ3) is 6.89. The maximum atomic E-state index is 10.6. The minimum absolute atomic E-state index is 0.0100. The van der Waals surface area contributed by atoms with Crippen LogP contribution in [0.3, 0.4) is 0 Å². The van der Waals surface area contributed by atoms with Crippen LogP contribution in [0.25, 0.3) is 0 Å². The van der Waals surface area contributed by atoms with E-state index in [-0.39, 0.29) is 12.6 Å². The number of halogens is 3. The van der Waals surface area contributed by atoms with E-state index in [2.05, 4.69) is 4.99 Å². The van der Waals surface area contributed by atoms with Crippen LogP contribution in [0.4, 0.5) is 13.2 Å². The quantitative estimate of drug-likeness (QED) is 0.239.